The average Bonchev–Trinajstić information content (AvgIpc) is 3.51. The fourth-order valence-electron chi connectivity index (χ4n) is 5.05. The van der Waals surface area contributed by atoms with Crippen molar-refractivity contribution in [3.63, 3.8) is 0 Å². The van der Waals surface area contributed by atoms with E-state index in [9.17, 15) is 49.8 Å². The predicted molar refractivity (Wildman–Crippen MR) is 140 cm³/mol. The number of nitrogens with zero attached hydrogens (tertiary/aromatic N) is 3. The van der Waals surface area contributed by atoms with Crippen molar-refractivity contribution in [1.82, 2.24) is 30.4 Å². The van der Waals surface area contributed by atoms with Crippen LogP contribution in [0.4, 0.5) is 35.1 Å². The lowest BCUT2D eigenvalue weighted by Crippen LogP contribution is -2.38. The summed E-state index contributed by atoms with van der Waals surface area (Å²) in [5, 5.41) is 18.9. The van der Waals surface area contributed by atoms with Gasteiger partial charge in [-0.15, -0.1) is 0 Å². The van der Waals surface area contributed by atoms with Crippen LogP contribution in [-0.4, -0.2) is 54.9 Å². The molecule has 44 heavy (non-hydrogen) atoms. The van der Waals surface area contributed by atoms with Gasteiger partial charge in [-0.3, -0.25) is 9.59 Å². The molecule has 2 aromatic heterocycles. The van der Waals surface area contributed by atoms with Gasteiger partial charge in [0, 0.05) is 25.3 Å². The summed E-state index contributed by atoms with van der Waals surface area (Å²) in [6, 6.07) is 4.08. The highest BCUT2D eigenvalue weighted by atomic mass is 19.4. The largest absolute Gasteiger partial charge is 0.493 e. The molecule has 9 nitrogen and oxygen atoms in total. The number of amides is 2. The smallest absolute Gasteiger partial charge is 0.390 e. The molecule has 4 N–H and O–H groups in total. The van der Waals surface area contributed by atoms with Crippen molar-refractivity contribution in [3.8, 4) is 5.88 Å². The average molecular weight is 639 g/mol. The van der Waals surface area contributed by atoms with Gasteiger partial charge in [0.25, 0.3) is 5.91 Å². The van der Waals surface area contributed by atoms with E-state index in [-0.39, 0.29) is 24.4 Å². The zero-order valence-electron chi connectivity index (χ0n) is 23.3. The Kier molecular flexibility index (Phi) is 9.44. The highest BCUT2D eigenvalue weighted by Gasteiger charge is 2.40. The summed E-state index contributed by atoms with van der Waals surface area (Å²) in [5.74, 6) is -5.51. The van der Waals surface area contributed by atoms with Gasteiger partial charge in [-0.1, -0.05) is 6.07 Å². The number of hydrogen-bond acceptors (Lipinski definition) is 5. The van der Waals surface area contributed by atoms with Crippen molar-refractivity contribution in [3.05, 3.63) is 41.3 Å². The zero-order valence-corrected chi connectivity index (χ0v) is 23.3. The van der Waals surface area contributed by atoms with Crippen LogP contribution in [0.2, 0.25) is 0 Å². The van der Waals surface area contributed by atoms with E-state index in [1.165, 1.54) is 0 Å². The molecule has 1 aromatic carbocycles. The lowest BCUT2D eigenvalue weighted by atomic mass is 9.81. The maximum absolute atomic E-state index is 13.9. The molecule has 2 atom stereocenters. The van der Waals surface area contributed by atoms with Crippen LogP contribution in [0, 0.1) is 5.92 Å². The summed E-state index contributed by atoms with van der Waals surface area (Å²) < 4.78 is 104. The number of aromatic nitrogens is 4. The first-order chi connectivity index (χ1) is 20.4. The third kappa shape index (κ3) is 8.81. The summed E-state index contributed by atoms with van der Waals surface area (Å²) in [4.78, 5) is 32.7. The third-order valence-electron chi connectivity index (χ3n) is 7.45. The third-order valence-corrected chi connectivity index (χ3v) is 7.45. The molecule has 0 unspecified atom stereocenters. The molecule has 2 heterocycles. The minimum atomic E-state index is -4.52. The number of imidazole rings is 1. The Bertz CT molecular complexity index is 1470. The fraction of sp³-hybridized carbons (Fsp3) is 0.556. The van der Waals surface area contributed by atoms with Gasteiger partial charge in [0.05, 0.1) is 42.5 Å². The zero-order chi connectivity index (χ0) is 32.4. The number of aromatic hydroxyl groups is 1. The molecule has 1 aliphatic carbocycles. The van der Waals surface area contributed by atoms with Crippen LogP contribution in [-0.2, 0) is 11.3 Å². The van der Waals surface area contributed by atoms with Crippen molar-refractivity contribution in [2.75, 3.05) is 0 Å². The maximum atomic E-state index is 13.9. The van der Waals surface area contributed by atoms with Gasteiger partial charge in [-0.2, -0.15) is 31.4 Å². The van der Waals surface area contributed by atoms with Crippen molar-refractivity contribution in [2.24, 2.45) is 5.92 Å². The van der Waals surface area contributed by atoms with Gasteiger partial charge in [0.2, 0.25) is 17.7 Å². The van der Waals surface area contributed by atoms with Gasteiger partial charge in [0.15, 0.2) is 5.69 Å². The van der Waals surface area contributed by atoms with Crippen LogP contribution in [0.25, 0.3) is 11.0 Å². The molecule has 4 rings (SSSR count). The maximum Gasteiger partial charge on any atom is 0.390 e. The van der Waals surface area contributed by atoms with E-state index in [0.29, 0.717) is 21.3 Å². The van der Waals surface area contributed by atoms with Crippen LogP contribution in [0.5, 0.6) is 5.88 Å². The monoisotopic (exact) mass is 638 g/mol. The van der Waals surface area contributed by atoms with Gasteiger partial charge < -0.3 is 20.7 Å². The van der Waals surface area contributed by atoms with E-state index < -0.39 is 92.6 Å². The van der Waals surface area contributed by atoms with Crippen molar-refractivity contribution in [1.29, 1.82) is 0 Å². The Morgan fingerprint density at radius 3 is 2.36 bits per heavy atom. The van der Waals surface area contributed by atoms with Crippen LogP contribution in [0.15, 0.2) is 24.3 Å². The molecule has 17 heteroatoms. The molecule has 0 saturated heterocycles. The number of aryl methyl sites for hydroxylation is 1. The predicted octanol–water partition coefficient (Wildman–Crippen LogP) is 6.23. The Morgan fingerprint density at radius 1 is 1.07 bits per heavy atom. The lowest BCUT2D eigenvalue weighted by molar-refractivity contribution is -0.144. The number of carbonyl (C=O) groups excluding carboxylic acids is 2. The van der Waals surface area contributed by atoms with Crippen LogP contribution in [0.3, 0.4) is 0 Å². The minimum Gasteiger partial charge on any atom is -0.493 e. The topological polar surface area (TPSA) is 125 Å². The number of carbonyl (C=O) groups is 2. The van der Waals surface area contributed by atoms with E-state index >= 15 is 0 Å². The number of aromatic amines is 1. The Hall–Kier alpha value is -3.92. The highest BCUT2D eigenvalue weighted by molar-refractivity contribution is 5.93. The Morgan fingerprint density at radius 2 is 1.73 bits per heavy atom. The fourth-order valence-corrected chi connectivity index (χ4v) is 5.05. The minimum absolute atomic E-state index is 0.0203. The Balaban J connectivity index is 1.55. The van der Waals surface area contributed by atoms with Crippen molar-refractivity contribution in [2.45, 2.75) is 88.8 Å². The summed E-state index contributed by atoms with van der Waals surface area (Å²) in [6.45, 7) is 0.853. The van der Waals surface area contributed by atoms with Crippen LogP contribution < -0.4 is 10.6 Å². The van der Waals surface area contributed by atoms with Crippen LogP contribution in [0.1, 0.15) is 85.8 Å². The van der Waals surface area contributed by atoms with E-state index in [1.54, 1.807) is 25.1 Å². The van der Waals surface area contributed by atoms with Gasteiger partial charge in [-0.05, 0) is 43.4 Å². The molecule has 2 amide bonds. The normalized spacial score (nSPS) is 17.4. The molecule has 3 aromatic rings. The molecule has 1 aliphatic rings. The molecule has 0 spiro atoms. The molecular weight excluding hydrogens is 608 g/mol. The number of halogens is 8. The van der Waals surface area contributed by atoms with E-state index in [0.717, 1.165) is 6.07 Å². The summed E-state index contributed by atoms with van der Waals surface area (Å²) in [7, 11) is 0. The number of rotatable bonds is 10. The molecular formula is C27H30F8N6O3. The van der Waals surface area contributed by atoms with E-state index in [4.69, 9.17) is 0 Å². The second-order valence-electron chi connectivity index (χ2n) is 10.9. The van der Waals surface area contributed by atoms with E-state index in [1.807, 2.05) is 0 Å². The van der Waals surface area contributed by atoms with E-state index in [2.05, 4.69) is 25.7 Å². The van der Waals surface area contributed by atoms with Crippen molar-refractivity contribution >= 4 is 22.8 Å². The van der Waals surface area contributed by atoms with Gasteiger partial charge in [0.1, 0.15) is 5.82 Å². The highest BCUT2D eigenvalue weighted by Crippen LogP contribution is 2.41. The number of alkyl halides is 8. The standard InChI is InChI=1S/C27H30F8N6O3/c1-14(36-20(42)6-9-26(30,31)32)16-2-3-17-18(12-16)38-23(37-17)22(15-4-7-25(28,29)8-5-15)39-24(44)19-13-21(43)41(40-19)11-10-27(33,34)35/h2-3,12-15,22,43H,4-11H2,1H3,(H,36,42)(H,37,38)(H,39,44)/t14-,22+/m1/s1. The van der Waals surface area contributed by atoms with Crippen molar-refractivity contribution < 1.29 is 49.8 Å². The number of nitrogens with one attached hydrogen (secondary N) is 3. The molecule has 1 fully saturated rings. The first-order valence-corrected chi connectivity index (χ1v) is 13.8. The summed E-state index contributed by atoms with van der Waals surface area (Å²) in [6.07, 6.45) is -13.1. The summed E-state index contributed by atoms with van der Waals surface area (Å²) >= 11 is 0. The second kappa shape index (κ2) is 12.6. The number of H-pyrrole nitrogens is 1. The quantitative estimate of drug-likeness (QED) is 0.196. The van der Waals surface area contributed by atoms with Gasteiger partial charge in [-0.25, -0.2) is 18.4 Å². The molecule has 0 radical (unpaired) electrons. The number of benzene rings is 1. The van der Waals surface area contributed by atoms with Gasteiger partial charge >= 0.3 is 12.4 Å². The first-order valence-electron chi connectivity index (χ1n) is 13.8. The molecule has 242 valence electrons. The van der Waals surface area contributed by atoms with Crippen LogP contribution >= 0.6 is 0 Å². The molecule has 0 aliphatic heterocycles. The molecule has 0 bridgehead atoms. The Labute approximate surface area is 245 Å². The number of fused-ring (bicyclic) bond motifs is 1. The first kappa shape index (κ1) is 33.0. The number of hydrogen-bond donors (Lipinski definition) is 4. The molecule has 1 saturated carbocycles. The SMILES string of the molecule is C[C@@H](NC(=O)CCC(F)(F)F)c1ccc2[nH]c([C@@H](NC(=O)c3cc(O)n(CCC(F)(F)F)n3)C3CCC(F)(F)CC3)nc2c1. The second-order valence-corrected chi connectivity index (χ2v) is 10.9. The summed E-state index contributed by atoms with van der Waals surface area (Å²) in [5.41, 5.74) is 0.982. The lowest BCUT2D eigenvalue weighted by Gasteiger charge is -2.33.